The second-order valence-corrected chi connectivity index (χ2v) is 6.68. The Morgan fingerprint density at radius 1 is 1.27 bits per heavy atom. The molecule has 1 heterocycles. The third kappa shape index (κ3) is 3.30. The van der Waals surface area contributed by atoms with Gasteiger partial charge in [-0.15, -0.1) is 0 Å². The summed E-state index contributed by atoms with van der Waals surface area (Å²) in [6, 6.07) is 9.58. The molecule has 1 N–H and O–H groups in total. The summed E-state index contributed by atoms with van der Waals surface area (Å²) >= 11 is 0. The van der Waals surface area contributed by atoms with Crippen molar-refractivity contribution in [2.45, 2.75) is 51.3 Å². The van der Waals surface area contributed by atoms with E-state index in [9.17, 15) is 14.7 Å². The fraction of sp³-hybridized carbons (Fsp3) is 0.529. The number of hydrogen-bond acceptors (Lipinski definition) is 4. The van der Waals surface area contributed by atoms with Gasteiger partial charge in [0.25, 0.3) is 0 Å². The molecule has 5 heteroatoms. The van der Waals surface area contributed by atoms with E-state index in [1.807, 2.05) is 30.3 Å². The van der Waals surface area contributed by atoms with Crippen molar-refractivity contribution in [3.05, 3.63) is 35.9 Å². The van der Waals surface area contributed by atoms with Gasteiger partial charge in [-0.25, -0.2) is 9.59 Å². The van der Waals surface area contributed by atoms with Crippen molar-refractivity contribution < 1.29 is 19.4 Å². The largest absolute Gasteiger partial charge is 0.479 e. The van der Waals surface area contributed by atoms with Gasteiger partial charge in [0.1, 0.15) is 5.60 Å². The van der Waals surface area contributed by atoms with Crippen LogP contribution in [0.2, 0.25) is 0 Å². The zero-order valence-electron chi connectivity index (χ0n) is 13.3. The van der Waals surface area contributed by atoms with Gasteiger partial charge in [-0.1, -0.05) is 30.3 Å². The molecule has 0 saturated carbocycles. The van der Waals surface area contributed by atoms with Crippen LogP contribution in [-0.2, 0) is 20.9 Å². The fourth-order valence-corrected chi connectivity index (χ4v) is 2.82. The van der Waals surface area contributed by atoms with Crippen LogP contribution in [0.15, 0.2) is 30.3 Å². The predicted octanol–water partition coefficient (Wildman–Crippen LogP) is 2.45. The van der Waals surface area contributed by atoms with Crippen molar-refractivity contribution in [3.8, 4) is 0 Å². The van der Waals surface area contributed by atoms with E-state index in [2.05, 4.69) is 0 Å². The number of benzene rings is 1. The Bertz CT molecular complexity index is 550. The Morgan fingerprint density at radius 3 is 2.45 bits per heavy atom. The Labute approximate surface area is 130 Å². The normalized spacial score (nSPS) is 22.5. The molecule has 1 fully saturated rings. The van der Waals surface area contributed by atoms with Gasteiger partial charge in [0.2, 0.25) is 5.54 Å². The average Bonchev–Trinajstić information content (AvgIpc) is 2.82. The van der Waals surface area contributed by atoms with Crippen molar-refractivity contribution in [2.24, 2.45) is 0 Å². The molecule has 0 radical (unpaired) electrons. The minimum atomic E-state index is -1.58. The molecule has 0 amide bonds. The monoisotopic (exact) mass is 305 g/mol. The highest BCUT2D eigenvalue weighted by atomic mass is 16.6. The number of carbonyl (C=O) groups excluding carboxylic acids is 1. The highest BCUT2D eigenvalue weighted by Crippen LogP contribution is 2.34. The maximum Gasteiger partial charge on any atom is 0.338 e. The summed E-state index contributed by atoms with van der Waals surface area (Å²) in [6.07, 6.45) is 0.947. The summed E-state index contributed by atoms with van der Waals surface area (Å²) in [4.78, 5) is 26.2. The van der Waals surface area contributed by atoms with Crippen molar-refractivity contribution in [3.63, 3.8) is 0 Å². The molecule has 5 nitrogen and oxygen atoms in total. The quantitative estimate of drug-likeness (QED) is 0.683. The first-order valence-corrected chi connectivity index (χ1v) is 7.51. The number of aliphatic carboxylic acids is 1. The number of carboxylic acid groups (broad SMARTS) is 1. The zero-order valence-corrected chi connectivity index (χ0v) is 13.3. The van der Waals surface area contributed by atoms with Crippen LogP contribution in [0.1, 0.15) is 39.2 Å². The fourth-order valence-electron chi connectivity index (χ4n) is 2.82. The van der Waals surface area contributed by atoms with Gasteiger partial charge in [-0.05, 0) is 39.2 Å². The molecule has 0 spiro atoms. The van der Waals surface area contributed by atoms with E-state index >= 15 is 0 Å². The first-order valence-electron chi connectivity index (χ1n) is 7.51. The van der Waals surface area contributed by atoms with Crippen LogP contribution in [0.4, 0.5) is 0 Å². The summed E-state index contributed by atoms with van der Waals surface area (Å²) in [5.74, 6) is -1.80. The highest BCUT2D eigenvalue weighted by Gasteiger charge is 2.56. The Hall–Kier alpha value is -1.88. The van der Waals surface area contributed by atoms with Crippen LogP contribution in [0.25, 0.3) is 0 Å². The summed E-state index contributed by atoms with van der Waals surface area (Å²) in [5.41, 5.74) is -1.30. The van der Waals surface area contributed by atoms with Gasteiger partial charge in [-0.3, -0.25) is 4.90 Å². The Morgan fingerprint density at radius 2 is 1.91 bits per heavy atom. The smallest absolute Gasteiger partial charge is 0.338 e. The molecule has 1 aromatic carbocycles. The molecule has 1 aromatic rings. The predicted molar refractivity (Wildman–Crippen MR) is 82.3 cm³/mol. The van der Waals surface area contributed by atoms with E-state index < -0.39 is 23.1 Å². The van der Waals surface area contributed by atoms with Gasteiger partial charge in [0.15, 0.2) is 0 Å². The van der Waals surface area contributed by atoms with E-state index in [-0.39, 0.29) is 6.42 Å². The molecule has 1 aliphatic heterocycles. The summed E-state index contributed by atoms with van der Waals surface area (Å²) in [7, 11) is 0. The lowest BCUT2D eigenvalue weighted by Gasteiger charge is -2.34. The van der Waals surface area contributed by atoms with E-state index in [1.165, 1.54) is 0 Å². The Balaban J connectivity index is 2.28. The molecule has 22 heavy (non-hydrogen) atoms. The second-order valence-electron chi connectivity index (χ2n) is 6.68. The number of hydrogen-bond donors (Lipinski definition) is 1. The third-order valence-electron chi connectivity index (χ3n) is 3.81. The topological polar surface area (TPSA) is 66.8 Å². The maximum atomic E-state index is 12.6. The van der Waals surface area contributed by atoms with Gasteiger partial charge in [-0.2, -0.15) is 0 Å². The lowest BCUT2D eigenvalue weighted by molar-refractivity contribution is -0.177. The standard InChI is InChI=1S/C17H23NO4/c1-16(2,3)22-15(21)17(14(19)20)10-7-11-18(17)12-13-8-5-4-6-9-13/h4-6,8-9H,7,10-12H2,1-3H3,(H,19,20)/t17-/m0/s1. The SMILES string of the molecule is CC(C)(C)OC(=O)[C@@]1(C(=O)O)CCCN1Cc1ccccc1. The van der Waals surface area contributed by atoms with Crippen LogP contribution < -0.4 is 0 Å². The summed E-state index contributed by atoms with van der Waals surface area (Å²) in [5, 5.41) is 9.74. The number of esters is 1. The molecule has 2 rings (SSSR count). The van der Waals surface area contributed by atoms with Crippen LogP contribution >= 0.6 is 0 Å². The van der Waals surface area contributed by atoms with Gasteiger partial charge < -0.3 is 9.84 Å². The van der Waals surface area contributed by atoms with Crippen molar-refractivity contribution in [1.82, 2.24) is 4.90 Å². The minimum absolute atomic E-state index is 0.282. The number of carboxylic acids is 1. The van der Waals surface area contributed by atoms with Crippen LogP contribution in [0.3, 0.4) is 0 Å². The number of nitrogens with zero attached hydrogens (tertiary/aromatic N) is 1. The molecular formula is C17H23NO4. The first kappa shape index (κ1) is 16.5. The number of likely N-dealkylation sites (tertiary alicyclic amines) is 1. The van der Waals surface area contributed by atoms with Crippen molar-refractivity contribution >= 4 is 11.9 Å². The van der Waals surface area contributed by atoms with Gasteiger partial charge in [0, 0.05) is 13.1 Å². The van der Waals surface area contributed by atoms with Crippen molar-refractivity contribution in [1.29, 1.82) is 0 Å². The minimum Gasteiger partial charge on any atom is -0.479 e. The van der Waals surface area contributed by atoms with E-state index in [0.29, 0.717) is 19.5 Å². The average molecular weight is 305 g/mol. The molecule has 0 bridgehead atoms. The molecule has 120 valence electrons. The van der Waals surface area contributed by atoms with Crippen LogP contribution in [-0.4, -0.2) is 39.6 Å². The maximum absolute atomic E-state index is 12.6. The van der Waals surface area contributed by atoms with E-state index in [0.717, 1.165) is 5.56 Å². The molecule has 1 atom stereocenters. The second kappa shape index (κ2) is 6.08. The highest BCUT2D eigenvalue weighted by molar-refractivity contribution is 6.04. The zero-order chi connectivity index (χ0) is 16.4. The van der Waals surface area contributed by atoms with Crippen molar-refractivity contribution in [2.75, 3.05) is 6.54 Å². The first-order chi connectivity index (χ1) is 10.3. The number of ether oxygens (including phenoxy) is 1. The lowest BCUT2D eigenvalue weighted by Crippen LogP contribution is -2.58. The van der Waals surface area contributed by atoms with Gasteiger partial charge in [0.05, 0.1) is 0 Å². The summed E-state index contributed by atoms with van der Waals surface area (Å²) < 4.78 is 5.39. The van der Waals surface area contributed by atoms with Gasteiger partial charge >= 0.3 is 11.9 Å². The molecule has 0 aliphatic carbocycles. The van der Waals surface area contributed by atoms with E-state index in [1.54, 1.807) is 25.7 Å². The third-order valence-corrected chi connectivity index (χ3v) is 3.81. The molecular weight excluding hydrogens is 282 g/mol. The Kier molecular flexibility index (Phi) is 4.56. The molecule has 1 saturated heterocycles. The molecule has 1 aliphatic rings. The van der Waals surface area contributed by atoms with E-state index in [4.69, 9.17) is 4.74 Å². The van der Waals surface area contributed by atoms with Crippen LogP contribution in [0.5, 0.6) is 0 Å². The number of carbonyl (C=O) groups is 2. The lowest BCUT2D eigenvalue weighted by atomic mass is 9.95. The summed E-state index contributed by atoms with van der Waals surface area (Å²) in [6.45, 7) is 6.23. The van der Waals surface area contributed by atoms with Crippen LogP contribution in [0, 0.1) is 0 Å². The molecule has 0 unspecified atom stereocenters. The molecule has 0 aromatic heterocycles. The number of rotatable bonds is 4.